The molecule has 114 valence electrons. The molecule has 21 heavy (non-hydrogen) atoms. The molecule has 0 saturated heterocycles. The summed E-state index contributed by atoms with van der Waals surface area (Å²) in [5.74, 6) is 0.626. The van der Waals surface area contributed by atoms with Gasteiger partial charge in [0.05, 0.1) is 8.80 Å². The SMILES string of the molecule is CC(C1=CC=CC1)C(C)(C)C(C)(C)[SiH](C)c1ccccc1. The fraction of sp³-hybridized carbons (Fsp3) is 0.500. The van der Waals surface area contributed by atoms with E-state index in [0.29, 0.717) is 16.4 Å². The minimum atomic E-state index is -1.04. The Morgan fingerprint density at radius 2 is 1.67 bits per heavy atom. The highest BCUT2D eigenvalue weighted by Gasteiger charge is 2.46. The smallest absolute Gasteiger partial charge is 0.0738 e. The van der Waals surface area contributed by atoms with Gasteiger partial charge in [0.2, 0.25) is 0 Å². The molecule has 2 rings (SSSR count). The third kappa shape index (κ3) is 2.94. The summed E-state index contributed by atoms with van der Waals surface area (Å²) in [6.07, 6.45) is 7.97. The van der Waals surface area contributed by atoms with Gasteiger partial charge in [-0.1, -0.05) is 100 Å². The molecule has 0 bridgehead atoms. The Hall–Kier alpha value is -1.08. The summed E-state index contributed by atoms with van der Waals surface area (Å²) >= 11 is 0. The molecule has 0 saturated carbocycles. The van der Waals surface area contributed by atoms with Gasteiger partial charge in [-0.15, -0.1) is 0 Å². The van der Waals surface area contributed by atoms with Crippen LogP contribution in [0, 0.1) is 11.3 Å². The van der Waals surface area contributed by atoms with E-state index in [2.05, 4.69) is 89.7 Å². The molecule has 2 unspecified atom stereocenters. The monoisotopic (exact) mass is 298 g/mol. The van der Waals surface area contributed by atoms with E-state index in [1.165, 1.54) is 0 Å². The summed E-state index contributed by atoms with van der Waals surface area (Å²) in [6, 6.07) is 11.2. The molecule has 1 aromatic carbocycles. The molecule has 0 radical (unpaired) electrons. The van der Waals surface area contributed by atoms with Crippen LogP contribution in [0.25, 0.3) is 0 Å². The predicted octanol–water partition coefficient (Wildman–Crippen LogP) is 5.08. The predicted molar refractivity (Wildman–Crippen MR) is 97.9 cm³/mol. The van der Waals surface area contributed by atoms with Crippen molar-refractivity contribution in [2.45, 2.75) is 52.6 Å². The van der Waals surface area contributed by atoms with Crippen LogP contribution in [0.4, 0.5) is 0 Å². The maximum atomic E-state index is 2.52. The first-order valence-corrected chi connectivity index (χ1v) is 10.5. The van der Waals surface area contributed by atoms with Crippen molar-refractivity contribution in [2.75, 3.05) is 0 Å². The minimum Gasteiger partial charge on any atom is -0.0805 e. The van der Waals surface area contributed by atoms with Crippen molar-refractivity contribution in [3.63, 3.8) is 0 Å². The number of hydrogen-bond acceptors (Lipinski definition) is 0. The van der Waals surface area contributed by atoms with Crippen LogP contribution in [0.2, 0.25) is 11.6 Å². The summed E-state index contributed by atoms with van der Waals surface area (Å²) < 4.78 is 0. The quantitative estimate of drug-likeness (QED) is 0.665. The van der Waals surface area contributed by atoms with Crippen molar-refractivity contribution in [3.8, 4) is 0 Å². The number of hydrogen-bond donors (Lipinski definition) is 0. The molecule has 1 heteroatoms. The van der Waals surface area contributed by atoms with Crippen molar-refractivity contribution in [1.29, 1.82) is 0 Å². The Morgan fingerprint density at radius 1 is 1.05 bits per heavy atom. The average molecular weight is 299 g/mol. The van der Waals surface area contributed by atoms with Crippen LogP contribution in [-0.4, -0.2) is 8.80 Å². The highest BCUT2D eigenvalue weighted by Crippen LogP contribution is 2.54. The van der Waals surface area contributed by atoms with Gasteiger partial charge in [-0.3, -0.25) is 0 Å². The highest BCUT2D eigenvalue weighted by atomic mass is 28.3. The van der Waals surface area contributed by atoms with Gasteiger partial charge in [0.1, 0.15) is 0 Å². The topological polar surface area (TPSA) is 0 Å². The molecular weight excluding hydrogens is 268 g/mol. The van der Waals surface area contributed by atoms with Crippen molar-refractivity contribution < 1.29 is 0 Å². The Labute approximate surface area is 132 Å². The maximum Gasteiger partial charge on any atom is 0.0738 e. The molecule has 1 aliphatic rings. The molecule has 1 aliphatic carbocycles. The zero-order valence-corrected chi connectivity index (χ0v) is 15.6. The van der Waals surface area contributed by atoms with E-state index in [0.717, 1.165) is 6.42 Å². The fourth-order valence-corrected chi connectivity index (χ4v) is 6.52. The molecule has 1 aromatic rings. The minimum absolute atomic E-state index is 0.298. The van der Waals surface area contributed by atoms with Gasteiger partial charge in [-0.25, -0.2) is 0 Å². The normalized spacial score (nSPS) is 18.5. The van der Waals surface area contributed by atoms with Gasteiger partial charge < -0.3 is 0 Å². The average Bonchev–Trinajstić information content (AvgIpc) is 3.00. The highest BCUT2D eigenvalue weighted by molar-refractivity contribution is 6.74. The first-order chi connectivity index (χ1) is 9.78. The fourth-order valence-electron chi connectivity index (χ4n) is 3.52. The molecule has 0 spiro atoms. The lowest BCUT2D eigenvalue weighted by Gasteiger charge is -2.50. The number of rotatable bonds is 5. The second-order valence-corrected chi connectivity index (χ2v) is 11.2. The van der Waals surface area contributed by atoms with E-state index in [1.807, 2.05) is 0 Å². The first kappa shape index (κ1) is 16.3. The van der Waals surface area contributed by atoms with E-state index in [-0.39, 0.29) is 0 Å². The van der Waals surface area contributed by atoms with Crippen LogP contribution in [0.15, 0.2) is 54.1 Å². The number of benzene rings is 1. The summed E-state index contributed by atoms with van der Waals surface area (Å²) in [7, 11) is -1.04. The molecule has 0 aromatic heterocycles. The molecule has 0 heterocycles. The van der Waals surface area contributed by atoms with E-state index < -0.39 is 8.80 Å². The Morgan fingerprint density at radius 3 is 2.19 bits per heavy atom. The maximum absolute atomic E-state index is 2.52. The van der Waals surface area contributed by atoms with E-state index in [1.54, 1.807) is 10.8 Å². The van der Waals surface area contributed by atoms with Crippen molar-refractivity contribution in [2.24, 2.45) is 11.3 Å². The third-order valence-electron chi connectivity index (χ3n) is 6.48. The third-order valence-corrected chi connectivity index (χ3v) is 10.8. The van der Waals surface area contributed by atoms with Crippen molar-refractivity contribution >= 4 is 14.0 Å². The van der Waals surface area contributed by atoms with Crippen molar-refractivity contribution in [3.05, 3.63) is 54.1 Å². The second kappa shape index (κ2) is 5.96. The Kier molecular flexibility index (Phi) is 4.62. The van der Waals surface area contributed by atoms with Gasteiger partial charge in [-0.2, -0.15) is 0 Å². The van der Waals surface area contributed by atoms with Gasteiger partial charge in [0.25, 0.3) is 0 Å². The number of allylic oxidation sites excluding steroid dienone is 4. The van der Waals surface area contributed by atoms with Gasteiger partial charge >= 0.3 is 0 Å². The summed E-state index contributed by atoms with van der Waals surface area (Å²) in [6.45, 7) is 14.9. The Balaban J connectivity index is 2.28. The lowest BCUT2D eigenvalue weighted by molar-refractivity contribution is 0.186. The lowest BCUT2D eigenvalue weighted by Crippen LogP contribution is -2.48. The van der Waals surface area contributed by atoms with Gasteiger partial charge in [-0.05, 0) is 22.8 Å². The van der Waals surface area contributed by atoms with E-state index in [4.69, 9.17) is 0 Å². The molecule has 0 aliphatic heterocycles. The molecular formula is C20H30Si. The molecule has 2 atom stereocenters. The van der Waals surface area contributed by atoms with Crippen LogP contribution in [0.3, 0.4) is 0 Å². The Bertz CT molecular complexity index is 534. The van der Waals surface area contributed by atoms with Gasteiger partial charge in [0.15, 0.2) is 0 Å². The largest absolute Gasteiger partial charge is 0.0805 e. The van der Waals surface area contributed by atoms with Crippen LogP contribution in [0.5, 0.6) is 0 Å². The van der Waals surface area contributed by atoms with Crippen LogP contribution < -0.4 is 5.19 Å². The zero-order chi connectivity index (χ0) is 15.7. The standard InChI is InChI=1S/C20H30Si/c1-16(17-12-10-11-13-17)19(2,3)20(4,5)21(6)18-14-8-7-9-15-18/h7-12,14-16,21H,13H2,1-6H3. The van der Waals surface area contributed by atoms with Gasteiger partial charge in [0, 0.05) is 0 Å². The lowest BCUT2D eigenvalue weighted by atomic mass is 9.67. The van der Waals surface area contributed by atoms with Crippen molar-refractivity contribution in [1.82, 2.24) is 0 Å². The summed E-state index contributed by atoms with van der Waals surface area (Å²) in [5.41, 5.74) is 1.90. The van der Waals surface area contributed by atoms with E-state index >= 15 is 0 Å². The molecule has 0 fully saturated rings. The molecule has 0 N–H and O–H groups in total. The van der Waals surface area contributed by atoms with Crippen LogP contribution in [-0.2, 0) is 0 Å². The molecule has 0 amide bonds. The summed E-state index contributed by atoms with van der Waals surface area (Å²) in [5, 5.41) is 1.94. The van der Waals surface area contributed by atoms with Crippen LogP contribution >= 0.6 is 0 Å². The zero-order valence-electron chi connectivity index (χ0n) is 14.5. The summed E-state index contributed by atoms with van der Waals surface area (Å²) in [4.78, 5) is 0. The second-order valence-electron chi connectivity index (χ2n) is 7.67. The molecule has 0 nitrogen and oxygen atoms in total. The van der Waals surface area contributed by atoms with Crippen LogP contribution in [0.1, 0.15) is 41.0 Å². The first-order valence-electron chi connectivity index (χ1n) is 8.19. The van der Waals surface area contributed by atoms with E-state index in [9.17, 15) is 0 Å².